The van der Waals surface area contributed by atoms with Crippen molar-refractivity contribution in [3.05, 3.63) is 76.2 Å². The zero-order valence-corrected chi connectivity index (χ0v) is 17.4. The summed E-state index contributed by atoms with van der Waals surface area (Å²) >= 11 is 0. The minimum Gasteiger partial charge on any atom is -0.357 e. The lowest BCUT2D eigenvalue weighted by atomic mass is 10.0. The summed E-state index contributed by atoms with van der Waals surface area (Å²) in [5.74, 6) is 1.02. The van der Waals surface area contributed by atoms with Gasteiger partial charge in [-0.2, -0.15) is 0 Å². The van der Waals surface area contributed by atoms with Gasteiger partial charge >= 0.3 is 0 Å². The van der Waals surface area contributed by atoms with Gasteiger partial charge in [-0.3, -0.25) is 9.79 Å². The number of likely N-dealkylation sites (tertiary alicyclic amines) is 1. The third-order valence-corrected chi connectivity index (χ3v) is 5.18. The lowest BCUT2D eigenvalue weighted by Crippen LogP contribution is -2.44. The fraction of sp³-hybridized carbons (Fsp3) is 0.417. The van der Waals surface area contributed by atoms with E-state index in [-0.39, 0.29) is 5.56 Å². The van der Waals surface area contributed by atoms with E-state index < -0.39 is 0 Å². The predicted molar refractivity (Wildman–Crippen MR) is 121 cm³/mol. The fourth-order valence-electron chi connectivity index (χ4n) is 3.59. The van der Waals surface area contributed by atoms with Crippen molar-refractivity contribution < 1.29 is 0 Å². The van der Waals surface area contributed by atoms with Crippen molar-refractivity contribution in [2.24, 2.45) is 4.99 Å². The number of nitrogens with zero attached hydrogens (tertiary/aromatic N) is 3. The number of aromatic nitrogens is 1. The van der Waals surface area contributed by atoms with Gasteiger partial charge < -0.3 is 14.8 Å². The van der Waals surface area contributed by atoms with Crippen LogP contribution in [0.1, 0.15) is 38.2 Å². The predicted octanol–water partition coefficient (Wildman–Crippen LogP) is 3.77. The van der Waals surface area contributed by atoms with Crippen molar-refractivity contribution in [1.29, 1.82) is 0 Å². The van der Waals surface area contributed by atoms with Crippen LogP contribution in [0.25, 0.3) is 6.08 Å². The molecule has 1 fully saturated rings. The molecule has 1 saturated heterocycles. The second-order valence-corrected chi connectivity index (χ2v) is 7.38. The Morgan fingerprint density at radius 3 is 2.55 bits per heavy atom. The molecule has 29 heavy (non-hydrogen) atoms. The maximum Gasteiger partial charge on any atom is 0.250 e. The molecule has 154 valence electrons. The van der Waals surface area contributed by atoms with Crippen LogP contribution in [0, 0.1) is 0 Å². The van der Waals surface area contributed by atoms with Crippen LogP contribution in [0.3, 0.4) is 0 Å². The van der Waals surface area contributed by atoms with Gasteiger partial charge in [-0.05, 0) is 44.2 Å². The van der Waals surface area contributed by atoms with E-state index >= 15 is 0 Å². The summed E-state index contributed by atoms with van der Waals surface area (Å²) in [6.07, 6.45) is 8.27. The number of aryl methyl sites for hydroxylation is 1. The molecule has 0 unspecified atom stereocenters. The zero-order chi connectivity index (χ0) is 20.3. The third-order valence-electron chi connectivity index (χ3n) is 5.18. The summed E-state index contributed by atoms with van der Waals surface area (Å²) in [4.78, 5) is 18.9. The zero-order valence-electron chi connectivity index (χ0n) is 17.4. The molecule has 2 aromatic rings. The van der Waals surface area contributed by atoms with Crippen LogP contribution < -0.4 is 10.9 Å². The molecule has 0 spiro atoms. The molecule has 5 nitrogen and oxygen atoms in total. The molecule has 1 N–H and O–H groups in total. The monoisotopic (exact) mass is 392 g/mol. The highest BCUT2D eigenvalue weighted by Gasteiger charge is 2.17. The van der Waals surface area contributed by atoms with E-state index in [9.17, 15) is 4.79 Å². The number of pyridine rings is 1. The maximum absolute atomic E-state index is 11.7. The molecule has 5 heteroatoms. The van der Waals surface area contributed by atoms with Crippen LogP contribution in [0.2, 0.25) is 0 Å². The minimum atomic E-state index is 0.0667. The van der Waals surface area contributed by atoms with Crippen LogP contribution in [-0.2, 0) is 6.54 Å². The normalized spacial score (nSPS) is 14.7. The number of benzene rings is 1. The van der Waals surface area contributed by atoms with E-state index in [4.69, 9.17) is 4.99 Å². The molecule has 3 rings (SSSR count). The Morgan fingerprint density at radius 1 is 1.07 bits per heavy atom. The van der Waals surface area contributed by atoms with Crippen molar-refractivity contribution in [2.45, 2.75) is 39.2 Å². The van der Waals surface area contributed by atoms with Gasteiger partial charge in [-0.25, -0.2) is 0 Å². The number of aliphatic imine (C=N–C) groups is 1. The summed E-state index contributed by atoms with van der Waals surface area (Å²) in [6.45, 7) is 6.54. The summed E-state index contributed by atoms with van der Waals surface area (Å²) in [5.41, 5.74) is 2.86. The number of nitrogens with one attached hydrogen (secondary N) is 1. The van der Waals surface area contributed by atoms with Crippen molar-refractivity contribution >= 4 is 12.0 Å². The lowest BCUT2D eigenvalue weighted by Gasteiger charge is -2.31. The molecule has 0 bridgehead atoms. The molecular weight excluding hydrogens is 360 g/mol. The highest BCUT2D eigenvalue weighted by atomic mass is 16.1. The number of hydrogen-bond donors (Lipinski definition) is 1. The molecule has 1 aromatic heterocycles. The largest absolute Gasteiger partial charge is 0.357 e. The van der Waals surface area contributed by atoms with E-state index in [0.717, 1.165) is 64.4 Å². The fourth-order valence-corrected chi connectivity index (χ4v) is 3.59. The van der Waals surface area contributed by atoms with Gasteiger partial charge in [-0.15, -0.1) is 0 Å². The number of unbranched alkanes of at least 4 members (excludes halogenated alkanes) is 1. The van der Waals surface area contributed by atoms with Crippen molar-refractivity contribution in [1.82, 2.24) is 14.8 Å². The first-order valence-electron chi connectivity index (χ1n) is 10.7. The summed E-state index contributed by atoms with van der Waals surface area (Å²) < 4.78 is 1.76. The van der Waals surface area contributed by atoms with Crippen LogP contribution in [0.15, 0.2) is 70.1 Å². The molecule has 1 aromatic carbocycles. The van der Waals surface area contributed by atoms with Crippen LogP contribution in [-0.4, -0.2) is 41.6 Å². The van der Waals surface area contributed by atoms with E-state index in [1.165, 1.54) is 11.1 Å². The van der Waals surface area contributed by atoms with E-state index in [1.807, 2.05) is 12.3 Å². The Bertz CT molecular complexity index is 860. The maximum atomic E-state index is 11.7. The molecule has 1 aliphatic rings. The van der Waals surface area contributed by atoms with Crippen molar-refractivity contribution in [3.8, 4) is 0 Å². The third kappa shape index (κ3) is 6.63. The van der Waals surface area contributed by atoms with Crippen LogP contribution in [0.4, 0.5) is 0 Å². The highest BCUT2D eigenvalue weighted by Crippen LogP contribution is 2.19. The minimum absolute atomic E-state index is 0.0667. The van der Waals surface area contributed by atoms with Gasteiger partial charge in [0.15, 0.2) is 5.96 Å². The highest BCUT2D eigenvalue weighted by molar-refractivity contribution is 5.80. The van der Waals surface area contributed by atoms with Gasteiger partial charge in [-0.1, -0.05) is 48.0 Å². The Morgan fingerprint density at radius 2 is 1.83 bits per heavy atom. The number of guanidine groups is 1. The van der Waals surface area contributed by atoms with E-state index in [2.05, 4.69) is 53.5 Å². The molecule has 1 aliphatic heterocycles. The second-order valence-electron chi connectivity index (χ2n) is 7.38. The van der Waals surface area contributed by atoms with E-state index in [0.29, 0.717) is 0 Å². The molecule has 2 heterocycles. The Kier molecular flexibility index (Phi) is 8.11. The summed E-state index contributed by atoms with van der Waals surface area (Å²) in [5, 5.41) is 3.44. The SMILES string of the molecule is CCNC(=NCCCCn1ccccc1=O)N1CCC(=Cc2ccccc2)CC1. The van der Waals surface area contributed by atoms with Crippen molar-refractivity contribution in [3.63, 3.8) is 0 Å². The Balaban J connectivity index is 1.47. The van der Waals surface area contributed by atoms with Crippen LogP contribution in [0.5, 0.6) is 0 Å². The molecule has 0 amide bonds. The van der Waals surface area contributed by atoms with Gasteiger partial charge in [0.2, 0.25) is 5.56 Å². The molecule has 0 radical (unpaired) electrons. The summed E-state index contributed by atoms with van der Waals surface area (Å²) in [7, 11) is 0. The average molecular weight is 393 g/mol. The second kappa shape index (κ2) is 11.2. The van der Waals surface area contributed by atoms with E-state index in [1.54, 1.807) is 16.7 Å². The standard InChI is InChI=1S/C24H32N4O/c1-2-25-24(26-15-7-9-17-27-16-8-6-12-23(27)29)28-18-13-22(14-19-28)20-21-10-4-3-5-11-21/h3-6,8,10-12,16,20H,2,7,9,13-15,17-19H2,1H3,(H,25,26). The molecule has 0 atom stereocenters. The number of rotatable bonds is 7. The molecule has 0 aliphatic carbocycles. The first-order valence-corrected chi connectivity index (χ1v) is 10.7. The average Bonchev–Trinajstić information content (AvgIpc) is 2.75. The van der Waals surface area contributed by atoms with Gasteiger partial charge in [0.05, 0.1) is 0 Å². The topological polar surface area (TPSA) is 49.6 Å². The first kappa shape index (κ1) is 20.9. The summed E-state index contributed by atoms with van der Waals surface area (Å²) in [6, 6.07) is 15.9. The first-order chi connectivity index (χ1) is 14.3. The Labute approximate surface area is 173 Å². The van der Waals surface area contributed by atoms with Gasteiger partial charge in [0.1, 0.15) is 0 Å². The molecule has 0 saturated carbocycles. The smallest absolute Gasteiger partial charge is 0.250 e. The van der Waals surface area contributed by atoms with Gasteiger partial charge in [0.25, 0.3) is 0 Å². The quantitative estimate of drug-likeness (QED) is 0.443. The van der Waals surface area contributed by atoms with Crippen LogP contribution >= 0.6 is 0 Å². The number of hydrogen-bond acceptors (Lipinski definition) is 2. The Hall–Kier alpha value is -2.82. The lowest BCUT2D eigenvalue weighted by molar-refractivity contribution is 0.375. The van der Waals surface area contributed by atoms with Crippen molar-refractivity contribution in [2.75, 3.05) is 26.2 Å². The van der Waals surface area contributed by atoms with Gasteiger partial charge in [0, 0.05) is 45.0 Å². The molecular formula is C24H32N4O. The number of piperidine rings is 1.